The quantitative estimate of drug-likeness (QED) is 0.713. The Morgan fingerprint density at radius 2 is 1.70 bits per heavy atom. The number of pyridine rings is 1. The lowest BCUT2D eigenvalue weighted by atomic mass is 10.2. The molecule has 1 fully saturated rings. The van der Waals surface area contributed by atoms with Gasteiger partial charge in [0.05, 0.1) is 0 Å². The molecule has 27 heavy (non-hydrogen) atoms. The van der Waals surface area contributed by atoms with Crippen LogP contribution in [-0.4, -0.2) is 50.7 Å². The lowest BCUT2D eigenvalue weighted by molar-refractivity contribution is 0.637. The van der Waals surface area contributed by atoms with Gasteiger partial charge in [-0.2, -0.15) is 0 Å². The average molecular weight is 361 g/mol. The van der Waals surface area contributed by atoms with Gasteiger partial charge in [0.1, 0.15) is 29.6 Å². The number of anilines is 2. The Balaban J connectivity index is 1.33. The van der Waals surface area contributed by atoms with Crippen LogP contribution in [0.1, 0.15) is 23.5 Å². The van der Waals surface area contributed by atoms with E-state index >= 15 is 0 Å². The highest BCUT2D eigenvalue weighted by atomic mass is 15.3. The summed E-state index contributed by atoms with van der Waals surface area (Å²) in [5.74, 6) is 4.03. The van der Waals surface area contributed by atoms with E-state index in [1.807, 2.05) is 30.0 Å². The maximum Gasteiger partial charge on any atom is 0.140 e. The van der Waals surface area contributed by atoms with Gasteiger partial charge in [0.2, 0.25) is 0 Å². The van der Waals surface area contributed by atoms with Crippen molar-refractivity contribution in [1.29, 1.82) is 0 Å². The predicted molar refractivity (Wildman–Crippen MR) is 105 cm³/mol. The third kappa shape index (κ3) is 2.93. The van der Waals surface area contributed by atoms with E-state index in [9.17, 15) is 0 Å². The SMILES string of the molecule is Cc1nccn1-c1cccc(N2CCN(c3ncnc4c3CCC4)CC2)n1. The van der Waals surface area contributed by atoms with E-state index in [4.69, 9.17) is 4.98 Å². The van der Waals surface area contributed by atoms with Gasteiger partial charge in [-0.25, -0.2) is 19.9 Å². The number of rotatable bonds is 3. The van der Waals surface area contributed by atoms with Gasteiger partial charge in [-0.3, -0.25) is 4.57 Å². The van der Waals surface area contributed by atoms with Crippen LogP contribution >= 0.6 is 0 Å². The summed E-state index contributed by atoms with van der Waals surface area (Å²) in [7, 11) is 0. The van der Waals surface area contributed by atoms with Crippen LogP contribution < -0.4 is 9.80 Å². The van der Waals surface area contributed by atoms with Gasteiger partial charge in [-0.1, -0.05) is 6.07 Å². The Kier molecular flexibility index (Phi) is 3.99. The first-order chi connectivity index (χ1) is 13.3. The Hall–Kier alpha value is -2.96. The predicted octanol–water partition coefficient (Wildman–Crippen LogP) is 2.18. The van der Waals surface area contributed by atoms with Gasteiger partial charge in [0.25, 0.3) is 0 Å². The number of hydrogen-bond acceptors (Lipinski definition) is 6. The molecule has 5 rings (SSSR count). The Morgan fingerprint density at radius 3 is 2.52 bits per heavy atom. The fourth-order valence-corrected chi connectivity index (χ4v) is 4.10. The number of imidazole rings is 1. The van der Waals surface area contributed by atoms with Crippen molar-refractivity contribution in [2.45, 2.75) is 26.2 Å². The topological polar surface area (TPSA) is 63.0 Å². The van der Waals surface area contributed by atoms with Crippen molar-refractivity contribution in [3.8, 4) is 5.82 Å². The third-order valence-electron chi connectivity index (χ3n) is 5.55. The van der Waals surface area contributed by atoms with Crippen molar-refractivity contribution >= 4 is 11.6 Å². The zero-order chi connectivity index (χ0) is 18.2. The van der Waals surface area contributed by atoms with Gasteiger partial charge in [0, 0.05) is 49.8 Å². The third-order valence-corrected chi connectivity index (χ3v) is 5.55. The summed E-state index contributed by atoms with van der Waals surface area (Å²) in [6.07, 6.45) is 8.89. The van der Waals surface area contributed by atoms with E-state index in [1.54, 1.807) is 6.33 Å². The van der Waals surface area contributed by atoms with Crippen LogP contribution in [0.5, 0.6) is 0 Å². The monoisotopic (exact) mass is 361 g/mol. The first-order valence-electron chi connectivity index (χ1n) is 9.59. The van der Waals surface area contributed by atoms with Crippen LogP contribution in [0.25, 0.3) is 5.82 Å². The molecule has 0 amide bonds. The molecule has 3 aromatic heterocycles. The second-order valence-corrected chi connectivity index (χ2v) is 7.15. The van der Waals surface area contributed by atoms with Crippen molar-refractivity contribution in [2.75, 3.05) is 36.0 Å². The van der Waals surface area contributed by atoms with E-state index < -0.39 is 0 Å². The molecule has 138 valence electrons. The normalized spacial score (nSPS) is 16.6. The lowest BCUT2D eigenvalue weighted by Gasteiger charge is -2.36. The van der Waals surface area contributed by atoms with Crippen molar-refractivity contribution in [3.05, 3.63) is 54.0 Å². The van der Waals surface area contributed by atoms with Crippen molar-refractivity contribution in [2.24, 2.45) is 0 Å². The minimum atomic E-state index is 0.915. The van der Waals surface area contributed by atoms with Gasteiger partial charge in [-0.15, -0.1) is 0 Å². The molecule has 0 bridgehead atoms. The average Bonchev–Trinajstić information content (AvgIpc) is 3.37. The van der Waals surface area contributed by atoms with E-state index in [-0.39, 0.29) is 0 Å². The zero-order valence-corrected chi connectivity index (χ0v) is 15.5. The smallest absolute Gasteiger partial charge is 0.140 e. The molecule has 3 aromatic rings. The van der Waals surface area contributed by atoms with Crippen molar-refractivity contribution < 1.29 is 0 Å². The summed E-state index contributed by atoms with van der Waals surface area (Å²) in [5, 5.41) is 0. The molecule has 0 spiro atoms. The second kappa shape index (κ2) is 6.64. The minimum absolute atomic E-state index is 0.915. The molecule has 7 nitrogen and oxygen atoms in total. The molecule has 0 unspecified atom stereocenters. The van der Waals surface area contributed by atoms with Gasteiger partial charge >= 0.3 is 0 Å². The number of aromatic nitrogens is 5. The highest BCUT2D eigenvalue weighted by molar-refractivity contribution is 5.52. The molecule has 0 N–H and O–H groups in total. The van der Waals surface area contributed by atoms with Gasteiger partial charge in [-0.05, 0) is 38.3 Å². The summed E-state index contributed by atoms with van der Waals surface area (Å²) in [6.45, 7) is 5.79. The molecule has 0 atom stereocenters. The highest BCUT2D eigenvalue weighted by Gasteiger charge is 2.24. The fraction of sp³-hybridized carbons (Fsp3) is 0.400. The largest absolute Gasteiger partial charge is 0.353 e. The molecule has 0 aromatic carbocycles. The molecule has 1 aliphatic heterocycles. The molecule has 1 aliphatic carbocycles. The van der Waals surface area contributed by atoms with Gasteiger partial charge < -0.3 is 9.80 Å². The van der Waals surface area contributed by atoms with E-state index in [1.165, 1.54) is 17.7 Å². The molecule has 7 heteroatoms. The maximum atomic E-state index is 4.86. The number of hydrogen-bond donors (Lipinski definition) is 0. The number of aryl methyl sites for hydroxylation is 2. The number of piperazine rings is 1. The second-order valence-electron chi connectivity index (χ2n) is 7.15. The van der Waals surface area contributed by atoms with Crippen molar-refractivity contribution in [1.82, 2.24) is 24.5 Å². The zero-order valence-electron chi connectivity index (χ0n) is 15.5. The summed E-state index contributed by atoms with van der Waals surface area (Å²) < 4.78 is 2.02. The summed E-state index contributed by atoms with van der Waals surface area (Å²) in [4.78, 5) is 23.0. The maximum absolute atomic E-state index is 4.86. The Morgan fingerprint density at radius 1 is 0.889 bits per heavy atom. The Bertz CT molecular complexity index is 956. The number of nitrogens with zero attached hydrogens (tertiary/aromatic N) is 7. The minimum Gasteiger partial charge on any atom is -0.353 e. The summed E-state index contributed by atoms with van der Waals surface area (Å²) >= 11 is 0. The van der Waals surface area contributed by atoms with Crippen molar-refractivity contribution in [3.63, 3.8) is 0 Å². The molecule has 0 saturated carbocycles. The fourth-order valence-electron chi connectivity index (χ4n) is 4.10. The van der Waals surface area contributed by atoms with E-state index in [0.29, 0.717) is 0 Å². The molecule has 0 radical (unpaired) electrons. The highest BCUT2D eigenvalue weighted by Crippen LogP contribution is 2.29. The van der Waals surface area contributed by atoms with E-state index in [0.717, 1.165) is 62.3 Å². The first kappa shape index (κ1) is 16.2. The molecular formula is C20H23N7. The van der Waals surface area contributed by atoms with E-state index in [2.05, 4.69) is 36.9 Å². The molecular weight excluding hydrogens is 338 g/mol. The van der Waals surface area contributed by atoms with Crippen LogP contribution in [-0.2, 0) is 12.8 Å². The van der Waals surface area contributed by atoms with Crippen LogP contribution in [0.15, 0.2) is 36.9 Å². The molecule has 2 aliphatic rings. The van der Waals surface area contributed by atoms with Crippen LogP contribution in [0.2, 0.25) is 0 Å². The summed E-state index contributed by atoms with van der Waals surface area (Å²) in [6, 6.07) is 6.19. The van der Waals surface area contributed by atoms with Gasteiger partial charge in [0.15, 0.2) is 0 Å². The first-order valence-corrected chi connectivity index (χ1v) is 9.59. The summed E-state index contributed by atoms with van der Waals surface area (Å²) in [5.41, 5.74) is 2.61. The molecule has 4 heterocycles. The number of fused-ring (bicyclic) bond motifs is 1. The standard InChI is InChI=1S/C20H23N7/c1-15-21-8-9-27(15)19-7-3-6-18(24-19)25-10-12-26(13-11-25)20-16-4-2-5-17(16)22-14-23-20/h3,6-9,14H,2,4-5,10-13H2,1H3. The van der Waals surface area contributed by atoms with Crippen LogP contribution in [0.4, 0.5) is 11.6 Å². The molecule has 1 saturated heterocycles. The lowest BCUT2D eigenvalue weighted by Crippen LogP contribution is -2.47. The van der Waals surface area contributed by atoms with Crippen LogP contribution in [0, 0.1) is 6.92 Å². The van der Waals surface area contributed by atoms with Crippen LogP contribution in [0.3, 0.4) is 0 Å². The Labute approximate surface area is 158 Å².